The molecule has 1 aromatic rings. The van der Waals surface area contributed by atoms with Crippen molar-refractivity contribution in [1.82, 2.24) is 4.98 Å². The molecule has 1 aliphatic heterocycles. The highest BCUT2D eigenvalue weighted by Gasteiger charge is 2.40. The van der Waals surface area contributed by atoms with Crippen LogP contribution in [-0.4, -0.2) is 16.7 Å². The Morgan fingerprint density at radius 3 is 2.89 bits per heavy atom. The van der Waals surface area contributed by atoms with Crippen LogP contribution < -0.4 is 5.73 Å². The lowest BCUT2D eigenvalue weighted by Crippen LogP contribution is -2.31. The zero-order valence-corrected chi connectivity index (χ0v) is 11.6. The fourth-order valence-corrected chi connectivity index (χ4v) is 3.64. The Hall–Kier alpha value is -1.09. The molecule has 2 fully saturated rings. The van der Waals surface area contributed by atoms with Crippen LogP contribution in [0.5, 0.6) is 0 Å². The third kappa shape index (κ3) is 3.08. The van der Waals surface area contributed by atoms with E-state index in [1.165, 1.54) is 50.5 Å². The number of rotatable bonds is 3. The fraction of sp³-hybridized carbons (Fsp3) is 0.688. The van der Waals surface area contributed by atoms with E-state index in [-0.39, 0.29) is 5.60 Å². The SMILES string of the molecule is Nc1cc(CCC2CCC3(CCCCC3)O2)ccn1. The summed E-state index contributed by atoms with van der Waals surface area (Å²) in [5.74, 6) is 0.619. The van der Waals surface area contributed by atoms with E-state index in [1.54, 1.807) is 6.20 Å². The van der Waals surface area contributed by atoms with E-state index in [0.717, 1.165) is 12.8 Å². The molecule has 1 atom stereocenters. The van der Waals surface area contributed by atoms with E-state index in [1.807, 2.05) is 6.07 Å². The number of hydrogen-bond donors (Lipinski definition) is 1. The summed E-state index contributed by atoms with van der Waals surface area (Å²) in [4.78, 5) is 4.03. The molecule has 3 nitrogen and oxygen atoms in total. The van der Waals surface area contributed by atoms with Gasteiger partial charge in [0.1, 0.15) is 5.82 Å². The molecule has 104 valence electrons. The molecular formula is C16H24N2O. The monoisotopic (exact) mass is 260 g/mol. The number of nitrogens with zero attached hydrogens (tertiary/aromatic N) is 1. The Morgan fingerprint density at radius 1 is 1.26 bits per heavy atom. The van der Waals surface area contributed by atoms with Crippen molar-refractivity contribution in [1.29, 1.82) is 0 Å². The second-order valence-corrected chi connectivity index (χ2v) is 6.15. The standard InChI is InChI=1S/C16H24N2O/c17-15-12-13(7-11-18-15)4-5-14-6-10-16(19-14)8-2-1-3-9-16/h7,11-12,14H,1-6,8-10H2,(H2,17,18). The predicted octanol–water partition coefficient (Wildman–Crippen LogP) is 3.48. The zero-order valence-electron chi connectivity index (χ0n) is 11.6. The van der Waals surface area contributed by atoms with Gasteiger partial charge in [-0.3, -0.25) is 0 Å². The number of nitrogens with two attached hydrogens (primary N) is 1. The van der Waals surface area contributed by atoms with Crippen LogP contribution in [0.3, 0.4) is 0 Å². The summed E-state index contributed by atoms with van der Waals surface area (Å²) in [6.07, 6.45) is 13.6. The average molecular weight is 260 g/mol. The van der Waals surface area contributed by atoms with Crippen LogP contribution >= 0.6 is 0 Å². The van der Waals surface area contributed by atoms with Crippen LogP contribution in [0.4, 0.5) is 5.82 Å². The van der Waals surface area contributed by atoms with Crippen molar-refractivity contribution < 1.29 is 4.74 Å². The summed E-state index contributed by atoms with van der Waals surface area (Å²) in [5.41, 5.74) is 7.24. The molecule has 19 heavy (non-hydrogen) atoms. The summed E-state index contributed by atoms with van der Waals surface area (Å²) < 4.78 is 6.39. The molecule has 0 bridgehead atoms. The van der Waals surface area contributed by atoms with Gasteiger partial charge in [-0.25, -0.2) is 4.98 Å². The first kappa shape index (κ1) is 12.9. The van der Waals surface area contributed by atoms with Crippen molar-refractivity contribution in [2.24, 2.45) is 0 Å². The van der Waals surface area contributed by atoms with Crippen molar-refractivity contribution in [2.45, 2.75) is 69.5 Å². The Morgan fingerprint density at radius 2 is 2.11 bits per heavy atom. The van der Waals surface area contributed by atoms with Gasteiger partial charge in [-0.05, 0) is 56.2 Å². The summed E-state index contributed by atoms with van der Waals surface area (Å²) in [7, 11) is 0. The van der Waals surface area contributed by atoms with Crippen LogP contribution in [0.2, 0.25) is 0 Å². The largest absolute Gasteiger partial charge is 0.384 e. The summed E-state index contributed by atoms with van der Waals surface area (Å²) in [6.45, 7) is 0. The van der Waals surface area contributed by atoms with Crippen LogP contribution in [-0.2, 0) is 11.2 Å². The number of aryl methyl sites for hydroxylation is 1. The predicted molar refractivity (Wildman–Crippen MR) is 76.9 cm³/mol. The topological polar surface area (TPSA) is 48.1 Å². The molecule has 1 saturated heterocycles. The first-order chi connectivity index (χ1) is 9.26. The van der Waals surface area contributed by atoms with Gasteiger partial charge in [-0.2, -0.15) is 0 Å². The van der Waals surface area contributed by atoms with Crippen molar-refractivity contribution in [2.75, 3.05) is 5.73 Å². The smallest absolute Gasteiger partial charge is 0.123 e. The number of pyridine rings is 1. The van der Waals surface area contributed by atoms with Crippen LogP contribution in [0, 0.1) is 0 Å². The van der Waals surface area contributed by atoms with E-state index in [2.05, 4.69) is 11.1 Å². The molecule has 1 aromatic heterocycles. The normalized spacial score (nSPS) is 25.8. The Balaban J connectivity index is 1.52. The molecule has 2 aliphatic rings. The van der Waals surface area contributed by atoms with E-state index >= 15 is 0 Å². The fourth-order valence-electron chi connectivity index (χ4n) is 3.64. The first-order valence-electron chi connectivity index (χ1n) is 7.64. The highest BCUT2D eigenvalue weighted by Crippen LogP contribution is 2.42. The summed E-state index contributed by atoms with van der Waals surface area (Å²) in [5, 5.41) is 0. The Labute approximate surface area is 115 Å². The number of ether oxygens (including phenoxy) is 1. The van der Waals surface area contributed by atoms with E-state index < -0.39 is 0 Å². The molecule has 0 radical (unpaired) electrons. The quantitative estimate of drug-likeness (QED) is 0.905. The van der Waals surface area contributed by atoms with E-state index in [4.69, 9.17) is 10.5 Å². The van der Waals surface area contributed by atoms with Crippen LogP contribution in [0.25, 0.3) is 0 Å². The van der Waals surface area contributed by atoms with Gasteiger partial charge >= 0.3 is 0 Å². The lowest BCUT2D eigenvalue weighted by Gasteiger charge is -2.33. The summed E-state index contributed by atoms with van der Waals surface area (Å²) >= 11 is 0. The van der Waals surface area contributed by atoms with Crippen LogP contribution in [0.1, 0.15) is 56.9 Å². The van der Waals surface area contributed by atoms with Gasteiger partial charge < -0.3 is 10.5 Å². The van der Waals surface area contributed by atoms with Gasteiger partial charge in [-0.1, -0.05) is 19.3 Å². The summed E-state index contributed by atoms with van der Waals surface area (Å²) in [6, 6.07) is 4.03. The van der Waals surface area contributed by atoms with Crippen molar-refractivity contribution in [3.05, 3.63) is 23.9 Å². The number of anilines is 1. The lowest BCUT2D eigenvalue weighted by molar-refractivity contribution is -0.0653. The maximum Gasteiger partial charge on any atom is 0.123 e. The molecule has 2 heterocycles. The van der Waals surface area contributed by atoms with Crippen LogP contribution in [0.15, 0.2) is 18.3 Å². The van der Waals surface area contributed by atoms with Gasteiger partial charge in [0.2, 0.25) is 0 Å². The number of aromatic nitrogens is 1. The van der Waals surface area contributed by atoms with Gasteiger partial charge in [0.05, 0.1) is 11.7 Å². The van der Waals surface area contributed by atoms with Gasteiger partial charge in [0.25, 0.3) is 0 Å². The molecule has 0 aromatic carbocycles. The number of hydrogen-bond acceptors (Lipinski definition) is 3. The van der Waals surface area contributed by atoms with Gasteiger partial charge in [0, 0.05) is 6.20 Å². The van der Waals surface area contributed by atoms with E-state index in [9.17, 15) is 0 Å². The highest BCUT2D eigenvalue weighted by molar-refractivity contribution is 5.31. The minimum Gasteiger partial charge on any atom is -0.384 e. The molecule has 1 aliphatic carbocycles. The minimum atomic E-state index is 0.250. The number of nitrogen functional groups attached to an aromatic ring is 1. The molecule has 3 heteroatoms. The second kappa shape index (κ2) is 5.49. The maximum atomic E-state index is 6.39. The molecule has 1 unspecified atom stereocenters. The highest BCUT2D eigenvalue weighted by atomic mass is 16.5. The zero-order chi connectivity index (χ0) is 13.1. The first-order valence-corrected chi connectivity index (χ1v) is 7.64. The van der Waals surface area contributed by atoms with Crippen molar-refractivity contribution in [3.8, 4) is 0 Å². The maximum absolute atomic E-state index is 6.39. The Bertz CT molecular complexity index is 427. The third-order valence-electron chi connectivity index (χ3n) is 4.70. The molecule has 3 rings (SSSR count). The Kier molecular flexibility index (Phi) is 3.74. The average Bonchev–Trinajstić information content (AvgIpc) is 2.80. The molecule has 2 N–H and O–H groups in total. The van der Waals surface area contributed by atoms with E-state index in [0.29, 0.717) is 11.9 Å². The van der Waals surface area contributed by atoms with Crippen molar-refractivity contribution in [3.63, 3.8) is 0 Å². The van der Waals surface area contributed by atoms with Gasteiger partial charge in [-0.15, -0.1) is 0 Å². The molecular weight excluding hydrogens is 236 g/mol. The molecule has 0 amide bonds. The third-order valence-corrected chi connectivity index (χ3v) is 4.70. The lowest BCUT2D eigenvalue weighted by atomic mass is 9.83. The van der Waals surface area contributed by atoms with Gasteiger partial charge in [0.15, 0.2) is 0 Å². The molecule has 1 spiro atoms. The molecule has 1 saturated carbocycles. The minimum absolute atomic E-state index is 0.250. The van der Waals surface area contributed by atoms with Crippen molar-refractivity contribution >= 4 is 5.82 Å². The second-order valence-electron chi connectivity index (χ2n) is 6.15.